The van der Waals surface area contributed by atoms with Crippen LogP contribution in [-0.2, 0) is 26.5 Å². The SMILES string of the molecule is CC(C)=C1OC(c2ccc(F)cc2)(c2ccc(F)cc2)C[C@@]12CN(Cc1ccccc1)C(=O)C2=O. The summed E-state index contributed by atoms with van der Waals surface area (Å²) in [4.78, 5) is 28.5. The third-order valence-corrected chi connectivity index (χ3v) is 6.93. The number of allylic oxidation sites excluding steroid dienone is 1. The lowest BCUT2D eigenvalue weighted by Crippen LogP contribution is -2.34. The van der Waals surface area contributed by atoms with Crippen LogP contribution >= 0.6 is 0 Å². The lowest BCUT2D eigenvalue weighted by Gasteiger charge is -2.30. The van der Waals surface area contributed by atoms with Crippen molar-refractivity contribution in [1.29, 1.82) is 0 Å². The van der Waals surface area contributed by atoms with Crippen LogP contribution in [-0.4, -0.2) is 23.1 Å². The topological polar surface area (TPSA) is 46.6 Å². The van der Waals surface area contributed by atoms with Crippen molar-refractivity contribution in [3.63, 3.8) is 0 Å². The summed E-state index contributed by atoms with van der Waals surface area (Å²) < 4.78 is 34.3. The number of nitrogens with zero attached hydrogens (tertiary/aromatic N) is 1. The molecule has 4 nitrogen and oxygen atoms in total. The van der Waals surface area contributed by atoms with Gasteiger partial charge in [0.05, 0.1) is 0 Å². The first-order valence-electron chi connectivity index (χ1n) is 11.5. The highest BCUT2D eigenvalue weighted by Crippen LogP contribution is 2.58. The van der Waals surface area contributed by atoms with Gasteiger partial charge in [0, 0.05) is 30.6 Å². The van der Waals surface area contributed by atoms with Gasteiger partial charge in [-0.2, -0.15) is 0 Å². The van der Waals surface area contributed by atoms with Crippen LogP contribution in [0.4, 0.5) is 8.78 Å². The predicted octanol–water partition coefficient (Wildman–Crippen LogP) is 5.52. The van der Waals surface area contributed by atoms with E-state index >= 15 is 0 Å². The first-order chi connectivity index (χ1) is 16.7. The van der Waals surface area contributed by atoms with Crippen molar-refractivity contribution >= 4 is 11.7 Å². The number of likely N-dealkylation sites (tertiary alicyclic amines) is 1. The molecule has 2 aliphatic heterocycles. The maximum Gasteiger partial charge on any atom is 0.291 e. The van der Waals surface area contributed by atoms with Crippen molar-refractivity contribution < 1.29 is 23.1 Å². The quantitative estimate of drug-likeness (QED) is 0.469. The van der Waals surface area contributed by atoms with Gasteiger partial charge in [-0.25, -0.2) is 8.78 Å². The van der Waals surface area contributed by atoms with E-state index in [0.717, 1.165) is 11.1 Å². The molecule has 0 aromatic heterocycles. The fourth-order valence-electron chi connectivity index (χ4n) is 5.38. The molecule has 0 radical (unpaired) electrons. The number of ketones is 1. The minimum absolute atomic E-state index is 0.146. The molecule has 5 rings (SSSR count). The van der Waals surface area contributed by atoms with Crippen molar-refractivity contribution in [1.82, 2.24) is 4.90 Å². The highest BCUT2D eigenvalue weighted by Gasteiger charge is 2.65. The van der Waals surface area contributed by atoms with E-state index in [-0.39, 0.29) is 13.0 Å². The number of rotatable bonds is 4. The summed E-state index contributed by atoms with van der Waals surface area (Å²) in [6.07, 6.45) is 0.146. The Balaban J connectivity index is 1.64. The van der Waals surface area contributed by atoms with Crippen LogP contribution in [0.3, 0.4) is 0 Å². The van der Waals surface area contributed by atoms with E-state index in [1.54, 1.807) is 29.2 Å². The molecule has 178 valence electrons. The Morgan fingerprint density at radius 2 is 1.40 bits per heavy atom. The van der Waals surface area contributed by atoms with E-state index in [9.17, 15) is 18.4 Å². The molecule has 3 aromatic carbocycles. The molecule has 2 fully saturated rings. The van der Waals surface area contributed by atoms with Crippen molar-refractivity contribution in [2.75, 3.05) is 6.54 Å². The van der Waals surface area contributed by atoms with Gasteiger partial charge >= 0.3 is 0 Å². The zero-order valence-corrected chi connectivity index (χ0v) is 19.6. The fourth-order valence-corrected chi connectivity index (χ4v) is 5.38. The molecule has 35 heavy (non-hydrogen) atoms. The summed E-state index contributed by atoms with van der Waals surface area (Å²) in [6, 6.07) is 21.3. The Kier molecular flexibility index (Phi) is 5.55. The van der Waals surface area contributed by atoms with Gasteiger partial charge in [0.1, 0.15) is 22.8 Å². The normalized spacial score (nSPS) is 21.0. The number of carbonyl (C=O) groups is 2. The molecule has 0 aliphatic carbocycles. The van der Waals surface area contributed by atoms with Gasteiger partial charge in [-0.05, 0) is 49.2 Å². The maximum absolute atomic E-state index is 13.8. The number of amides is 1. The monoisotopic (exact) mass is 473 g/mol. The molecule has 2 heterocycles. The molecule has 2 aliphatic rings. The third kappa shape index (κ3) is 3.73. The van der Waals surface area contributed by atoms with Gasteiger partial charge in [-0.1, -0.05) is 54.6 Å². The molecule has 1 amide bonds. The fraction of sp³-hybridized carbons (Fsp3) is 0.241. The van der Waals surface area contributed by atoms with Crippen molar-refractivity contribution in [2.24, 2.45) is 5.41 Å². The number of hydrogen-bond donors (Lipinski definition) is 0. The van der Waals surface area contributed by atoms with Gasteiger partial charge in [-0.3, -0.25) is 9.59 Å². The smallest absolute Gasteiger partial charge is 0.291 e. The number of Topliss-reactive ketones (excluding diaryl/α,β-unsaturated/α-hetero) is 1. The van der Waals surface area contributed by atoms with Crippen LogP contribution in [0, 0.1) is 17.0 Å². The average molecular weight is 474 g/mol. The van der Waals surface area contributed by atoms with Crippen molar-refractivity contribution in [3.8, 4) is 0 Å². The number of carbonyl (C=O) groups excluding carboxylic acids is 2. The highest BCUT2D eigenvalue weighted by molar-refractivity contribution is 6.41. The number of benzene rings is 3. The van der Waals surface area contributed by atoms with Gasteiger partial charge in [-0.15, -0.1) is 0 Å². The Hall–Kier alpha value is -3.80. The molecular formula is C29H25F2NO3. The molecule has 2 saturated heterocycles. The summed E-state index contributed by atoms with van der Waals surface area (Å²) in [6.45, 7) is 4.17. The van der Waals surface area contributed by atoms with E-state index in [4.69, 9.17) is 4.74 Å². The second-order valence-corrected chi connectivity index (χ2v) is 9.51. The summed E-state index contributed by atoms with van der Waals surface area (Å²) in [5, 5.41) is 0. The maximum atomic E-state index is 13.8. The lowest BCUT2D eigenvalue weighted by atomic mass is 9.72. The van der Waals surface area contributed by atoms with E-state index in [2.05, 4.69) is 0 Å². The summed E-state index contributed by atoms with van der Waals surface area (Å²) in [5.41, 5.74) is 0.566. The van der Waals surface area contributed by atoms with E-state index in [1.165, 1.54) is 24.3 Å². The number of ether oxygens (including phenoxy) is 1. The van der Waals surface area contributed by atoms with Crippen LogP contribution in [0.2, 0.25) is 0 Å². The molecule has 6 heteroatoms. The second kappa shape index (κ2) is 8.45. The Morgan fingerprint density at radius 1 is 0.857 bits per heavy atom. The van der Waals surface area contributed by atoms with Gasteiger partial charge < -0.3 is 9.64 Å². The predicted molar refractivity (Wildman–Crippen MR) is 127 cm³/mol. The Labute approximate surface area is 202 Å². The summed E-state index contributed by atoms with van der Waals surface area (Å²) in [7, 11) is 0. The highest BCUT2D eigenvalue weighted by atomic mass is 19.1. The standard InChI is InChI=1S/C29H25F2NO3/c1-19(2)26-28(18-32(27(34)25(28)33)16-20-6-4-3-5-7-20)17-29(35-26,21-8-12-23(30)13-9-21)22-10-14-24(31)15-11-22/h3-15H,16-18H2,1-2H3/t28-/m0/s1. The van der Waals surface area contributed by atoms with E-state index in [1.807, 2.05) is 44.2 Å². The van der Waals surface area contributed by atoms with Crippen LogP contribution in [0.15, 0.2) is 90.2 Å². The average Bonchev–Trinajstić information content (AvgIpc) is 3.32. The Morgan fingerprint density at radius 3 is 1.91 bits per heavy atom. The summed E-state index contributed by atoms with van der Waals surface area (Å²) >= 11 is 0. The largest absolute Gasteiger partial charge is 0.481 e. The molecule has 0 bridgehead atoms. The van der Waals surface area contributed by atoms with Crippen LogP contribution in [0.25, 0.3) is 0 Å². The minimum atomic E-state index is -1.20. The minimum Gasteiger partial charge on any atom is -0.481 e. The summed E-state index contributed by atoms with van der Waals surface area (Å²) in [5.74, 6) is -1.43. The number of halogens is 2. The zero-order chi connectivity index (χ0) is 24.8. The molecule has 0 unspecified atom stereocenters. The first kappa shape index (κ1) is 23.0. The zero-order valence-electron chi connectivity index (χ0n) is 19.6. The van der Waals surface area contributed by atoms with Crippen molar-refractivity contribution in [3.05, 3.63) is 119 Å². The van der Waals surface area contributed by atoms with E-state index < -0.39 is 34.3 Å². The molecule has 0 saturated carbocycles. The molecule has 0 N–H and O–H groups in total. The van der Waals surface area contributed by atoms with Gasteiger partial charge in [0.25, 0.3) is 5.91 Å². The van der Waals surface area contributed by atoms with Gasteiger partial charge in [0.15, 0.2) is 5.60 Å². The third-order valence-electron chi connectivity index (χ3n) is 6.93. The van der Waals surface area contributed by atoms with Crippen LogP contribution < -0.4 is 0 Å². The number of hydrogen-bond acceptors (Lipinski definition) is 3. The van der Waals surface area contributed by atoms with Crippen molar-refractivity contribution in [2.45, 2.75) is 32.4 Å². The molecule has 1 spiro atoms. The van der Waals surface area contributed by atoms with Crippen LogP contribution in [0.1, 0.15) is 37.0 Å². The van der Waals surface area contributed by atoms with E-state index in [0.29, 0.717) is 23.4 Å². The van der Waals surface area contributed by atoms with Crippen LogP contribution in [0.5, 0.6) is 0 Å². The Bertz CT molecular complexity index is 1270. The molecular weight excluding hydrogens is 448 g/mol. The second-order valence-electron chi connectivity index (χ2n) is 9.51. The molecule has 1 atom stereocenters. The molecule has 3 aromatic rings. The first-order valence-corrected chi connectivity index (χ1v) is 11.5. The lowest BCUT2D eigenvalue weighted by molar-refractivity contribution is -0.142. The van der Waals surface area contributed by atoms with Gasteiger partial charge in [0.2, 0.25) is 5.78 Å².